The number of cyclic esters (lactones) is 1. The Bertz CT molecular complexity index is 1770. The number of rotatable bonds is 7. The molecule has 0 radical (unpaired) electrons. The summed E-state index contributed by atoms with van der Waals surface area (Å²) in [6.45, 7) is 13.1. The quantitative estimate of drug-likeness (QED) is 0.154. The highest BCUT2D eigenvalue weighted by atomic mass is 16.7. The predicted octanol–water partition coefficient (Wildman–Crippen LogP) is 6.83. The van der Waals surface area contributed by atoms with Gasteiger partial charge in [0.2, 0.25) is 5.79 Å². The maximum Gasteiger partial charge on any atom is 0.329 e. The monoisotopic (exact) mass is 928 g/mol. The Balaban J connectivity index is 1.72. The second kappa shape index (κ2) is 25.8. The number of amides is 1. The first-order valence-corrected chi connectivity index (χ1v) is 24.3. The largest absolute Gasteiger partial charge is 0.460 e. The number of piperidine rings is 1. The van der Waals surface area contributed by atoms with E-state index >= 15 is 0 Å². The fourth-order valence-electron chi connectivity index (χ4n) is 10.4. The van der Waals surface area contributed by atoms with E-state index in [1.807, 2.05) is 65.0 Å². The average molecular weight is 928 g/mol. The topological polar surface area (TPSA) is 184 Å². The molecule has 4 aliphatic rings. The van der Waals surface area contributed by atoms with E-state index < -0.39 is 77.8 Å². The Labute approximate surface area is 393 Å². The summed E-state index contributed by atoms with van der Waals surface area (Å²) in [5.41, 5.74) is 1.32. The van der Waals surface area contributed by atoms with Crippen LogP contribution in [0.15, 0.2) is 47.6 Å². The summed E-state index contributed by atoms with van der Waals surface area (Å²) in [7, 11) is 5.94. The molecule has 372 valence electrons. The molecule has 3 aliphatic heterocycles. The number of hydrogen-bond donors (Lipinski definition) is 2. The molecule has 0 aromatic rings. The molecule has 14 heteroatoms. The van der Waals surface area contributed by atoms with Gasteiger partial charge in [-0.25, -0.2) is 4.79 Å². The minimum Gasteiger partial charge on any atom is -0.460 e. The zero-order valence-corrected chi connectivity index (χ0v) is 41.6. The Morgan fingerprint density at radius 1 is 0.833 bits per heavy atom. The molecule has 1 amide bonds. The number of allylic oxidation sites excluding steroid dienone is 6. The first kappa shape index (κ1) is 55.2. The fraction of sp³-hybridized carbons (Fsp3) is 0.750. The molecule has 14 nitrogen and oxygen atoms in total. The predicted molar refractivity (Wildman–Crippen MR) is 250 cm³/mol. The SMILES string of the molecule is CO[C@H]1C[C@@H]2CC[C@@H](C)[C@@](OC)(O2)C(=O)C(=O)N2CCCCC2C(=O)O[C@H]([C@H](C)C[C@@H]2CC[C@@H](O)[C@H](OC)C2)CC(=O)[C@H](C)/C=C(\C)[C@@H](O)[C@@H](OC)C(=O)[C@H](C)C[C@H](C)/C=C/C=C/C=C/1C. The third-order valence-electron chi connectivity index (χ3n) is 14.7. The van der Waals surface area contributed by atoms with Crippen molar-refractivity contribution in [2.75, 3.05) is 35.0 Å². The maximum absolute atomic E-state index is 14.5. The van der Waals surface area contributed by atoms with Crippen molar-refractivity contribution >= 4 is 29.2 Å². The molecule has 66 heavy (non-hydrogen) atoms. The molecule has 1 aliphatic carbocycles. The molecule has 1 unspecified atom stereocenters. The number of aliphatic hydroxyl groups excluding tert-OH is 2. The molecule has 0 aromatic carbocycles. The van der Waals surface area contributed by atoms with Gasteiger partial charge in [0.05, 0.1) is 24.4 Å². The van der Waals surface area contributed by atoms with E-state index in [9.17, 15) is 34.2 Å². The van der Waals surface area contributed by atoms with E-state index in [2.05, 4.69) is 0 Å². The van der Waals surface area contributed by atoms with Crippen LogP contribution in [0.3, 0.4) is 0 Å². The van der Waals surface area contributed by atoms with Crippen molar-refractivity contribution in [1.82, 2.24) is 4.90 Å². The number of ether oxygens (including phenoxy) is 6. The molecule has 4 rings (SSSR count). The van der Waals surface area contributed by atoms with Crippen LogP contribution in [0.1, 0.15) is 126 Å². The zero-order chi connectivity index (χ0) is 48.9. The highest BCUT2D eigenvalue weighted by molar-refractivity contribution is 6.39. The average Bonchev–Trinajstić information content (AvgIpc) is 3.30. The second-order valence-electron chi connectivity index (χ2n) is 19.8. The fourth-order valence-corrected chi connectivity index (χ4v) is 10.4. The van der Waals surface area contributed by atoms with Crippen molar-refractivity contribution < 1.29 is 62.6 Å². The number of ketones is 3. The van der Waals surface area contributed by atoms with Crippen molar-refractivity contribution in [2.24, 2.45) is 35.5 Å². The summed E-state index contributed by atoms with van der Waals surface area (Å²) in [6, 6.07) is -1.08. The Morgan fingerprint density at radius 3 is 2.23 bits per heavy atom. The van der Waals surface area contributed by atoms with E-state index in [1.165, 1.54) is 19.1 Å². The number of Topliss-reactive ketones (excluding diaryl/α,β-unsaturated/α-hetero) is 3. The van der Waals surface area contributed by atoms with Gasteiger partial charge >= 0.3 is 5.97 Å². The zero-order valence-electron chi connectivity index (χ0n) is 41.6. The van der Waals surface area contributed by atoms with E-state index in [0.29, 0.717) is 63.4 Å². The van der Waals surface area contributed by atoms with Crippen LogP contribution in [0.4, 0.5) is 0 Å². The van der Waals surface area contributed by atoms with Gasteiger partial charge < -0.3 is 43.5 Å². The summed E-state index contributed by atoms with van der Waals surface area (Å²) in [6.07, 6.45) is 12.1. The first-order chi connectivity index (χ1) is 31.3. The molecule has 1 saturated carbocycles. The number of aliphatic hydroxyl groups is 2. The minimum absolute atomic E-state index is 0.0307. The standard InChI is InChI=1S/C52H81NO13/c1-31-17-13-12-14-18-32(2)43(61-8)29-39-22-20-37(7)52(64-11,66-39)49(58)50(59)53-24-16-15-19-40(53)51(60)65-44(34(4)27-38-21-23-41(54)45(28-38)62-9)30-42(55)33(3)26-36(6)47(57)48(63-10)46(56)35(5)25-31/h12-14,17-18,26,31,33-35,37-41,43-45,47-48,54,57H,15-16,19-25,27-30H2,1-11H3/b14-12+,17-13+,32-18+,36-26+/t31-,33-,34-,35-,37-,38+,39+,40?,41-,43+,44+,45-,47-,48+,52-/m1/s1. The molecule has 3 fully saturated rings. The van der Waals surface area contributed by atoms with Crippen molar-refractivity contribution in [1.29, 1.82) is 0 Å². The first-order valence-electron chi connectivity index (χ1n) is 24.3. The van der Waals surface area contributed by atoms with Gasteiger partial charge in [-0.15, -0.1) is 0 Å². The van der Waals surface area contributed by atoms with Gasteiger partial charge in [0.1, 0.15) is 30.1 Å². The van der Waals surface area contributed by atoms with Crippen molar-refractivity contribution in [2.45, 2.75) is 180 Å². The summed E-state index contributed by atoms with van der Waals surface area (Å²) < 4.78 is 35.8. The molecular formula is C52H81NO13. The smallest absolute Gasteiger partial charge is 0.329 e. The highest BCUT2D eigenvalue weighted by Gasteiger charge is 2.54. The van der Waals surface area contributed by atoms with Crippen LogP contribution >= 0.6 is 0 Å². The Hall–Kier alpha value is -3.37. The highest BCUT2D eigenvalue weighted by Crippen LogP contribution is 2.39. The van der Waals surface area contributed by atoms with Gasteiger partial charge in [-0.05, 0) is 107 Å². The lowest BCUT2D eigenvalue weighted by atomic mass is 9.78. The summed E-state index contributed by atoms with van der Waals surface area (Å²) >= 11 is 0. The van der Waals surface area contributed by atoms with Crippen molar-refractivity contribution in [3.8, 4) is 0 Å². The molecule has 2 bridgehead atoms. The van der Waals surface area contributed by atoms with E-state index in [0.717, 1.165) is 12.0 Å². The number of hydrogen-bond acceptors (Lipinski definition) is 13. The molecular weight excluding hydrogens is 847 g/mol. The van der Waals surface area contributed by atoms with Crippen LogP contribution in [-0.2, 0) is 52.4 Å². The van der Waals surface area contributed by atoms with Crippen molar-refractivity contribution in [3.05, 3.63) is 47.6 Å². The number of carbonyl (C=O) groups is 5. The number of nitrogens with zero attached hydrogens (tertiary/aromatic N) is 1. The third kappa shape index (κ3) is 14.1. The lowest BCUT2D eigenvalue weighted by Crippen LogP contribution is -2.61. The van der Waals surface area contributed by atoms with Gasteiger partial charge in [0.15, 0.2) is 5.78 Å². The number of carbonyl (C=O) groups excluding carboxylic acids is 5. The molecule has 2 saturated heterocycles. The van der Waals surface area contributed by atoms with Crippen LogP contribution in [0, 0.1) is 35.5 Å². The summed E-state index contributed by atoms with van der Waals surface area (Å²) in [5, 5.41) is 22.0. The number of fused-ring (bicyclic) bond motifs is 3. The van der Waals surface area contributed by atoms with Crippen LogP contribution < -0.4 is 0 Å². The van der Waals surface area contributed by atoms with Crippen LogP contribution in [0.2, 0.25) is 0 Å². The third-order valence-corrected chi connectivity index (χ3v) is 14.7. The molecule has 15 atom stereocenters. The lowest BCUT2D eigenvalue weighted by Gasteiger charge is -2.44. The van der Waals surface area contributed by atoms with Gasteiger partial charge in [-0.1, -0.05) is 71.1 Å². The van der Waals surface area contributed by atoms with E-state index in [1.54, 1.807) is 34.1 Å². The van der Waals surface area contributed by atoms with Gasteiger partial charge in [-0.3, -0.25) is 19.2 Å². The molecule has 3 heterocycles. The van der Waals surface area contributed by atoms with Crippen molar-refractivity contribution in [3.63, 3.8) is 0 Å². The van der Waals surface area contributed by atoms with E-state index in [4.69, 9.17) is 28.4 Å². The van der Waals surface area contributed by atoms with Crippen LogP contribution in [0.25, 0.3) is 0 Å². The minimum atomic E-state index is -1.89. The van der Waals surface area contributed by atoms with E-state index in [-0.39, 0.29) is 60.9 Å². The Kier molecular flexibility index (Phi) is 21.6. The molecule has 2 N–H and O–H groups in total. The molecule has 0 aromatic heterocycles. The second-order valence-corrected chi connectivity index (χ2v) is 19.8. The Morgan fingerprint density at radius 2 is 1.56 bits per heavy atom. The molecule has 0 spiro atoms. The summed E-state index contributed by atoms with van der Waals surface area (Å²) in [5.74, 6) is -6.64. The maximum atomic E-state index is 14.5. The van der Waals surface area contributed by atoms with Crippen LogP contribution in [0.5, 0.6) is 0 Å². The number of esters is 1. The normalized spacial score (nSPS) is 40.0. The van der Waals surface area contributed by atoms with Gasteiger partial charge in [0, 0.05) is 65.6 Å². The van der Waals surface area contributed by atoms with Gasteiger partial charge in [-0.2, -0.15) is 0 Å². The summed E-state index contributed by atoms with van der Waals surface area (Å²) in [4.78, 5) is 72.6. The number of methoxy groups -OCH3 is 4. The lowest BCUT2D eigenvalue weighted by molar-refractivity contribution is -0.277. The van der Waals surface area contributed by atoms with Gasteiger partial charge in [0.25, 0.3) is 11.7 Å². The van der Waals surface area contributed by atoms with Crippen LogP contribution in [-0.4, -0.2) is 134 Å².